The minimum Gasteiger partial charge on any atom is -0.352 e. The Morgan fingerprint density at radius 2 is 2.04 bits per heavy atom. The fraction of sp³-hybridized carbons (Fsp3) is 0.688. The van der Waals surface area contributed by atoms with Gasteiger partial charge in [0.15, 0.2) is 8.29 Å². The molecule has 3 rings (SSSR count). The number of nitrogens with one attached hydrogen (secondary N) is 1. The molecule has 1 aromatic heterocycles. The largest absolute Gasteiger partial charge is 0.352 e. The molecule has 1 N–H and O–H groups in total. The summed E-state index contributed by atoms with van der Waals surface area (Å²) < 4.78 is 3.73. The standard InChI is InChI=1S/C16H25N5OS3/c1-12(2)10-24-15-18-21(16(23)25-15)11-20-7-5-19(6-8-20)9-14(22)17-13-3-4-13/h13H,1,3-11H2,2H3,(H,17,22). The molecular formula is C16H25N5OS3. The van der Waals surface area contributed by atoms with Gasteiger partial charge in [0, 0.05) is 38.0 Å². The van der Waals surface area contributed by atoms with Crippen molar-refractivity contribution in [3.05, 3.63) is 16.1 Å². The van der Waals surface area contributed by atoms with Gasteiger partial charge in [0.05, 0.1) is 13.2 Å². The zero-order valence-electron chi connectivity index (χ0n) is 14.6. The van der Waals surface area contributed by atoms with Crippen LogP contribution in [0.5, 0.6) is 0 Å². The second-order valence-electron chi connectivity index (χ2n) is 6.76. The van der Waals surface area contributed by atoms with Crippen LogP contribution in [0.1, 0.15) is 19.8 Å². The van der Waals surface area contributed by atoms with E-state index in [2.05, 4.69) is 26.8 Å². The molecule has 6 nitrogen and oxygen atoms in total. The van der Waals surface area contributed by atoms with Crippen LogP contribution >= 0.6 is 35.3 Å². The molecule has 1 aliphatic carbocycles. The van der Waals surface area contributed by atoms with Crippen LogP contribution in [-0.2, 0) is 11.5 Å². The van der Waals surface area contributed by atoms with Crippen molar-refractivity contribution in [2.75, 3.05) is 38.5 Å². The average Bonchev–Trinajstić information content (AvgIpc) is 3.30. The minimum atomic E-state index is 0.164. The third-order valence-electron chi connectivity index (χ3n) is 4.14. The molecule has 1 aromatic rings. The predicted octanol–water partition coefficient (Wildman–Crippen LogP) is 2.20. The first-order valence-corrected chi connectivity index (χ1v) is 10.8. The summed E-state index contributed by atoms with van der Waals surface area (Å²) in [4.78, 5) is 16.5. The van der Waals surface area contributed by atoms with Crippen LogP contribution in [0.3, 0.4) is 0 Å². The molecule has 9 heteroatoms. The number of carbonyl (C=O) groups is 1. The van der Waals surface area contributed by atoms with E-state index in [1.807, 2.05) is 11.6 Å². The summed E-state index contributed by atoms with van der Waals surface area (Å²) in [6, 6.07) is 0.442. The Morgan fingerprint density at radius 3 is 2.68 bits per heavy atom. The van der Waals surface area contributed by atoms with Gasteiger partial charge in [-0.05, 0) is 32.0 Å². The molecule has 1 saturated carbocycles. The van der Waals surface area contributed by atoms with Gasteiger partial charge in [-0.15, -0.1) is 0 Å². The number of hydrogen-bond acceptors (Lipinski definition) is 7. The predicted molar refractivity (Wildman–Crippen MR) is 106 cm³/mol. The summed E-state index contributed by atoms with van der Waals surface area (Å²) in [7, 11) is 0. The van der Waals surface area contributed by atoms with Gasteiger partial charge in [-0.2, -0.15) is 5.10 Å². The lowest BCUT2D eigenvalue weighted by Crippen LogP contribution is -2.49. The summed E-state index contributed by atoms with van der Waals surface area (Å²) >= 11 is 8.70. The molecule has 0 spiro atoms. The molecule has 2 fully saturated rings. The normalized spacial score (nSPS) is 19.1. The van der Waals surface area contributed by atoms with Crippen molar-refractivity contribution in [3.8, 4) is 0 Å². The molecule has 2 heterocycles. The average molecular weight is 400 g/mol. The van der Waals surface area contributed by atoms with Crippen molar-refractivity contribution >= 4 is 41.2 Å². The van der Waals surface area contributed by atoms with E-state index in [1.54, 1.807) is 23.1 Å². The molecule has 138 valence electrons. The molecule has 0 bridgehead atoms. The van der Waals surface area contributed by atoms with Crippen molar-refractivity contribution in [3.63, 3.8) is 0 Å². The first kappa shape index (κ1) is 19.0. The van der Waals surface area contributed by atoms with Crippen molar-refractivity contribution < 1.29 is 4.79 Å². The molecule has 0 radical (unpaired) electrons. The van der Waals surface area contributed by atoms with Gasteiger partial charge in [-0.1, -0.05) is 35.3 Å². The fourth-order valence-electron chi connectivity index (χ4n) is 2.60. The van der Waals surface area contributed by atoms with Crippen LogP contribution in [0, 0.1) is 3.95 Å². The van der Waals surface area contributed by atoms with Crippen LogP contribution in [-0.4, -0.2) is 70.0 Å². The van der Waals surface area contributed by atoms with Crippen molar-refractivity contribution in [1.29, 1.82) is 0 Å². The van der Waals surface area contributed by atoms with E-state index >= 15 is 0 Å². The van der Waals surface area contributed by atoms with Gasteiger partial charge in [0.2, 0.25) is 5.91 Å². The highest BCUT2D eigenvalue weighted by molar-refractivity contribution is 8.01. The minimum absolute atomic E-state index is 0.164. The zero-order chi connectivity index (χ0) is 17.8. The lowest BCUT2D eigenvalue weighted by Gasteiger charge is -2.33. The summed E-state index contributed by atoms with van der Waals surface area (Å²) in [5, 5.41) is 7.67. The molecule has 2 aliphatic rings. The third kappa shape index (κ3) is 6.18. The summed E-state index contributed by atoms with van der Waals surface area (Å²) in [5.41, 5.74) is 1.14. The van der Waals surface area contributed by atoms with E-state index in [-0.39, 0.29) is 5.91 Å². The lowest BCUT2D eigenvalue weighted by molar-refractivity contribution is -0.122. The van der Waals surface area contributed by atoms with Gasteiger partial charge in [-0.25, -0.2) is 4.68 Å². The smallest absolute Gasteiger partial charge is 0.234 e. The molecular weight excluding hydrogens is 374 g/mol. The van der Waals surface area contributed by atoms with Gasteiger partial charge in [0.1, 0.15) is 0 Å². The topological polar surface area (TPSA) is 53.4 Å². The molecule has 25 heavy (non-hydrogen) atoms. The van der Waals surface area contributed by atoms with Crippen molar-refractivity contribution in [2.45, 2.75) is 36.8 Å². The molecule has 1 aliphatic heterocycles. The summed E-state index contributed by atoms with van der Waals surface area (Å²) in [5.74, 6) is 1.04. The van der Waals surface area contributed by atoms with Crippen molar-refractivity contribution in [2.24, 2.45) is 0 Å². The molecule has 0 atom stereocenters. The van der Waals surface area contributed by atoms with E-state index in [1.165, 1.54) is 0 Å². The SMILES string of the molecule is C=C(C)CSc1nn(CN2CCN(CC(=O)NC3CC3)CC2)c(=S)s1. The van der Waals surface area contributed by atoms with Crippen LogP contribution in [0.4, 0.5) is 0 Å². The third-order valence-corrected chi connectivity index (χ3v) is 6.81. The van der Waals surface area contributed by atoms with Gasteiger partial charge >= 0.3 is 0 Å². The van der Waals surface area contributed by atoms with Crippen LogP contribution in [0.25, 0.3) is 0 Å². The highest BCUT2D eigenvalue weighted by atomic mass is 32.2. The molecule has 0 aromatic carbocycles. The highest BCUT2D eigenvalue weighted by Crippen LogP contribution is 2.23. The first-order valence-electron chi connectivity index (χ1n) is 8.59. The van der Waals surface area contributed by atoms with Crippen molar-refractivity contribution in [1.82, 2.24) is 24.9 Å². The Hall–Kier alpha value is -0.740. The maximum Gasteiger partial charge on any atom is 0.234 e. The number of hydrogen-bond donors (Lipinski definition) is 1. The number of piperazine rings is 1. The van der Waals surface area contributed by atoms with Crippen LogP contribution in [0.2, 0.25) is 0 Å². The van der Waals surface area contributed by atoms with E-state index in [0.717, 1.165) is 65.3 Å². The Labute approximate surface area is 162 Å². The fourth-order valence-corrected chi connectivity index (χ4v) is 4.76. The van der Waals surface area contributed by atoms with Gasteiger partial charge in [-0.3, -0.25) is 14.6 Å². The Bertz CT molecular complexity index is 674. The summed E-state index contributed by atoms with van der Waals surface area (Å²) in [6.07, 6.45) is 2.28. The monoisotopic (exact) mass is 399 g/mol. The van der Waals surface area contributed by atoms with E-state index in [9.17, 15) is 4.79 Å². The zero-order valence-corrected chi connectivity index (χ0v) is 17.0. The number of carbonyl (C=O) groups excluding carboxylic acids is 1. The molecule has 0 unspecified atom stereocenters. The number of thioether (sulfide) groups is 1. The van der Waals surface area contributed by atoms with E-state index in [0.29, 0.717) is 12.6 Å². The number of aromatic nitrogens is 2. The highest BCUT2D eigenvalue weighted by Gasteiger charge is 2.25. The molecule has 1 saturated heterocycles. The summed E-state index contributed by atoms with van der Waals surface area (Å²) in [6.45, 7) is 10.9. The van der Waals surface area contributed by atoms with Gasteiger partial charge in [0.25, 0.3) is 0 Å². The lowest BCUT2D eigenvalue weighted by atomic mass is 10.3. The second-order valence-corrected chi connectivity index (χ2v) is 9.60. The maximum atomic E-state index is 11.9. The second kappa shape index (κ2) is 8.77. The number of amides is 1. The first-order chi connectivity index (χ1) is 12.0. The van der Waals surface area contributed by atoms with Crippen LogP contribution < -0.4 is 5.32 Å². The quantitative estimate of drug-likeness (QED) is 0.411. The van der Waals surface area contributed by atoms with Gasteiger partial charge < -0.3 is 5.32 Å². The Balaban J connectivity index is 1.43. The molecule has 1 amide bonds. The number of nitrogens with zero attached hydrogens (tertiary/aromatic N) is 4. The van der Waals surface area contributed by atoms with Crippen LogP contribution in [0.15, 0.2) is 16.5 Å². The Kier molecular flexibility index (Phi) is 6.67. The van der Waals surface area contributed by atoms with E-state index in [4.69, 9.17) is 12.2 Å². The number of rotatable bonds is 8. The van der Waals surface area contributed by atoms with E-state index < -0.39 is 0 Å². The maximum absolute atomic E-state index is 11.9. The Morgan fingerprint density at radius 1 is 1.36 bits per heavy atom.